The molecule has 0 radical (unpaired) electrons. The molecule has 2 aromatic heterocycles. The number of fused-ring (bicyclic) bond motifs is 2. The number of rotatable bonds is 6. The molecule has 11 nitrogen and oxygen atoms in total. The van der Waals surface area contributed by atoms with Crippen molar-refractivity contribution in [3.05, 3.63) is 86.6 Å². The van der Waals surface area contributed by atoms with Crippen LogP contribution in [0.15, 0.2) is 48.5 Å². The van der Waals surface area contributed by atoms with Crippen molar-refractivity contribution < 1.29 is 19.3 Å². The molecule has 4 aromatic rings. The van der Waals surface area contributed by atoms with Gasteiger partial charge in [0.05, 0.1) is 21.7 Å². The van der Waals surface area contributed by atoms with Crippen LogP contribution >= 0.6 is 0 Å². The minimum absolute atomic E-state index is 0.0404. The van der Waals surface area contributed by atoms with E-state index in [1.54, 1.807) is 13.0 Å². The van der Waals surface area contributed by atoms with Gasteiger partial charge in [0.1, 0.15) is 11.4 Å². The van der Waals surface area contributed by atoms with Crippen molar-refractivity contribution in [3.63, 3.8) is 0 Å². The van der Waals surface area contributed by atoms with E-state index in [0.29, 0.717) is 17.3 Å². The van der Waals surface area contributed by atoms with Crippen LogP contribution in [0.4, 0.5) is 11.5 Å². The van der Waals surface area contributed by atoms with Crippen LogP contribution in [0.3, 0.4) is 0 Å². The second-order valence-corrected chi connectivity index (χ2v) is 8.87. The summed E-state index contributed by atoms with van der Waals surface area (Å²) in [6.45, 7) is 5.52. The Morgan fingerprint density at radius 2 is 1.78 bits per heavy atom. The molecular weight excluding hydrogens is 476 g/mol. The van der Waals surface area contributed by atoms with E-state index < -0.39 is 28.3 Å². The zero-order chi connectivity index (χ0) is 26.4. The van der Waals surface area contributed by atoms with Gasteiger partial charge in [0.2, 0.25) is 5.91 Å². The second-order valence-electron chi connectivity index (χ2n) is 8.87. The van der Waals surface area contributed by atoms with Gasteiger partial charge in [-0.15, -0.1) is 0 Å². The summed E-state index contributed by atoms with van der Waals surface area (Å²) in [5.74, 6) is -0.979. The van der Waals surface area contributed by atoms with Crippen molar-refractivity contribution in [1.82, 2.24) is 19.7 Å². The molecule has 0 unspecified atom stereocenters. The Balaban J connectivity index is 1.35. The van der Waals surface area contributed by atoms with Gasteiger partial charge in [0.25, 0.3) is 17.5 Å². The summed E-state index contributed by atoms with van der Waals surface area (Å²) < 4.78 is 1.54. The summed E-state index contributed by atoms with van der Waals surface area (Å²) in [5.41, 5.74) is 2.79. The third-order valence-corrected chi connectivity index (χ3v) is 6.29. The van der Waals surface area contributed by atoms with Gasteiger partial charge in [0, 0.05) is 30.5 Å². The number of amides is 3. The molecule has 3 amide bonds. The lowest BCUT2D eigenvalue weighted by atomic mass is 10.1. The molecule has 186 valence electrons. The van der Waals surface area contributed by atoms with E-state index in [-0.39, 0.29) is 24.1 Å². The predicted molar refractivity (Wildman–Crippen MR) is 135 cm³/mol. The van der Waals surface area contributed by atoms with Crippen LogP contribution in [-0.4, -0.2) is 48.9 Å². The maximum Gasteiger partial charge on any atom is 0.282 e. The Kier molecular flexibility index (Phi) is 5.75. The van der Waals surface area contributed by atoms with Gasteiger partial charge < -0.3 is 5.32 Å². The number of hydrogen-bond acceptors (Lipinski definition) is 7. The number of nitro benzene ring substituents is 1. The van der Waals surface area contributed by atoms with E-state index in [0.717, 1.165) is 26.9 Å². The molecule has 1 aliphatic heterocycles. The van der Waals surface area contributed by atoms with E-state index in [4.69, 9.17) is 4.98 Å². The van der Waals surface area contributed by atoms with Crippen LogP contribution in [0.2, 0.25) is 0 Å². The molecule has 0 spiro atoms. The molecule has 0 saturated carbocycles. The summed E-state index contributed by atoms with van der Waals surface area (Å²) in [7, 11) is 0. The fourth-order valence-electron chi connectivity index (χ4n) is 4.51. The summed E-state index contributed by atoms with van der Waals surface area (Å²) in [5, 5.41) is 19.6. The summed E-state index contributed by atoms with van der Waals surface area (Å²) >= 11 is 0. The molecule has 0 aliphatic carbocycles. The van der Waals surface area contributed by atoms with Gasteiger partial charge in [0.15, 0.2) is 5.82 Å². The number of carbonyl (C=O) groups is 3. The predicted octanol–water partition coefficient (Wildman–Crippen LogP) is 3.88. The normalized spacial score (nSPS) is 12.8. The zero-order valence-electron chi connectivity index (χ0n) is 20.3. The Labute approximate surface area is 210 Å². The fraction of sp³-hybridized carbons (Fsp3) is 0.192. The first-order chi connectivity index (χ1) is 17.7. The molecule has 1 aliphatic rings. The maximum atomic E-state index is 12.8. The number of anilines is 1. The smallest absolute Gasteiger partial charge is 0.282 e. The summed E-state index contributed by atoms with van der Waals surface area (Å²) in [6, 6.07) is 13.4. The van der Waals surface area contributed by atoms with Crippen LogP contribution in [-0.2, 0) is 4.79 Å². The molecular formula is C26H22N6O5. The van der Waals surface area contributed by atoms with Crippen LogP contribution in [0.25, 0.3) is 16.7 Å². The van der Waals surface area contributed by atoms with Crippen LogP contribution < -0.4 is 5.32 Å². The molecule has 5 rings (SSSR count). The van der Waals surface area contributed by atoms with Crippen molar-refractivity contribution in [3.8, 4) is 5.82 Å². The Bertz CT molecular complexity index is 1640. The maximum absolute atomic E-state index is 12.8. The van der Waals surface area contributed by atoms with E-state index in [1.807, 2.05) is 38.1 Å². The van der Waals surface area contributed by atoms with E-state index in [2.05, 4.69) is 10.4 Å². The van der Waals surface area contributed by atoms with Gasteiger partial charge in [-0.1, -0.05) is 24.3 Å². The number of aryl methyl sites for hydroxylation is 3. The van der Waals surface area contributed by atoms with Gasteiger partial charge in [-0.05, 0) is 44.0 Å². The summed E-state index contributed by atoms with van der Waals surface area (Å²) in [6.07, 6.45) is -0.202. The largest absolute Gasteiger partial charge is 0.310 e. The number of hydrogen-bond donors (Lipinski definition) is 1. The Hall–Kier alpha value is -4.93. The number of aromatic nitrogens is 3. The molecule has 3 heterocycles. The lowest BCUT2D eigenvalue weighted by molar-refractivity contribution is -0.385. The van der Waals surface area contributed by atoms with Gasteiger partial charge >= 0.3 is 0 Å². The monoisotopic (exact) mass is 498 g/mol. The molecule has 37 heavy (non-hydrogen) atoms. The van der Waals surface area contributed by atoms with Crippen molar-refractivity contribution in [2.24, 2.45) is 0 Å². The average molecular weight is 498 g/mol. The minimum atomic E-state index is -0.785. The third-order valence-electron chi connectivity index (χ3n) is 6.29. The number of nitrogens with zero attached hydrogens (tertiary/aromatic N) is 5. The minimum Gasteiger partial charge on any atom is -0.310 e. The van der Waals surface area contributed by atoms with Crippen LogP contribution in [0.1, 0.15) is 44.0 Å². The third kappa shape index (κ3) is 4.10. The van der Waals surface area contributed by atoms with E-state index >= 15 is 0 Å². The highest BCUT2D eigenvalue weighted by atomic mass is 16.6. The van der Waals surface area contributed by atoms with Crippen LogP contribution in [0, 0.1) is 30.9 Å². The number of nitrogens with one attached hydrogen (secondary N) is 1. The molecule has 0 bridgehead atoms. The SMILES string of the molecule is Cc1cc(NC(=O)CCN2C(=O)c3cccc([N+](=O)[O-])c3C2=O)n(-c2cc(C)c3cccc(C)c3n2)n1. The topological polar surface area (TPSA) is 140 Å². The molecule has 1 N–H and O–H groups in total. The molecule has 0 atom stereocenters. The van der Waals surface area contributed by atoms with E-state index in [9.17, 15) is 24.5 Å². The first-order valence-electron chi connectivity index (χ1n) is 11.5. The highest BCUT2D eigenvalue weighted by molar-refractivity contribution is 6.23. The lowest BCUT2D eigenvalue weighted by Gasteiger charge is -2.14. The van der Waals surface area contributed by atoms with Gasteiger partial charge in [-0.2, -0.15) is 9.78 Å². The molecule has 0 fully saturated rings. The van der Waals surface area contributed by atoms with Gasteiger partial charge in [-0.25, -0.2) is 4.98 Å². The number of nitro groups is 1. The Morgan fingerprint density at radius 3 is 2.54 bits per heavy atom. The number of pyridine rings is 1. The lowest BCUT2D eigenvalue weighted by Crippen LogP contribution is -2.33. The highest BCUT2D eigenvalue weighted by Gasteiger charge is 2.40. The quantitative estimate of drug-likeness (QED) is 0.242. The van der Waals surface area contributed by atoms with Crippen molar-refractivity contribution >= 4 is 40.1 Å². The van der Waals surface area contributed by atoms with Crippen molar-refractivity contribution in [2.75, 3.05) is 11.9 Å². The molecule has 0 saturated heterocycles. The average Bonchev–Trinajstić information content (AvgIpc) is 3.34. The number of para-hydroxylation sites is 1. The second kappa shape index (κ2) is 8.94. The fourth-order valence-corrected chi connectivity index (χ4v) is 4.51. The first-order valence-corrected chi connectivity index (χ1v) is 11.5. The standard InChI is InChI=1S/C26H22N6O5/c1-14-6-4-7-17-15(2)12-20(28-24(14)17)31-21(13-16(3)29-31)27-22(33)10-11-30-25(34)18-8-5-9-19(32(36)37)23(18)26(30)35/h4-9,12-13H,10-11H2,1-3H3,(H,27,33). The summed E-state index contributed by atoms with van der Waals surface area (Å²) in [4.78, 5) is 54.5. The number of carbonyl (C=O) groups excluding carboxylic acids is 3. The Morgan fingerprint density at radius 1 is 1.03 bits per heavy atom. The number of imide groups is 1. The zero-order valence-corrected chi connectivity index (χ0v) is 20.3. The highest BCUT2D eigenvalue weighted by Crippen LogP contribution is 2.31. The van der Waals surface area contributed by atoms with Crippen molar-refractivity contribution in [1.29, 1.82) is 0 Å². The molecule has 2 aromatic carbocycles. The van der Waals surface area contributed by atoms with E-state index in [1.165, 1.54) is 22.9 Å². The van der Waals surface area contributed by atoms with Crippen LogP contribution in [0.5, 0.6) is 0 Å². The first kappa shape index (κ1) is 23.8. The molecule has 11 heteroatoms. The van der Waals surface area contributed by atoms with Crippen molar-refractivity contribution in [2.45, 2.75) is 27.2 Å². The number of benzene rings is 2. The van der Waals surface area contributed by atoms with Gasteiger partial charge in [-0.3, -0.25) is 29.4 Å².